The van der Waals surface area contributed by atoms with Crippen LogP contribution in [0, 0.1) is 0 Å². The number of carbonyl (C=O) groups is 1. The number of benzene rings is 2. The van der Waals surface area contributed by atoms with Crippen LogP contribution < -0.4 is 15.6 Å². The molecule has 2 aromatic rings. The molecule has 2 aromatic carbocycles. The summed E-state index contributed by atoms with van der Waals surface area (Å²) in [5.74, 6) is 4.03. The van der Waals surface area contributed by atoms with E-state index in [1.54, 1.807) is 5.43 Å². The second-order valence-electron chi connectivity index (χ2n) is 5.20. The summed E-state index contributed by atoms with van der Waals surface area (Å²) < 4.78 is 65.4. The zero-order valence-corrected chi connectivity index (χ0v) is 15.6. The molecule has 0 aromatic heterocycles. The minimum absolute atomic E-state index is 0.248. The molecule has 12 heteroatoms. The van der Waals surface area contributed by atoms with Crippen LogP contribution in [-0.4, -0.2) is 20.9 Å². The van der Waals surface area contributed by atoms with Crippen molar-refractivity contribution in [3.8, 4) is 0 Å². The lowest BCUT2D eigenvalue weighted by molar-refractivity contribution is -0.137. The number of rotatable bonds is 5. The Balaban J connectivity index is 2.65. The highest BCUT2D eigenvalue weighted by molar-refractivity contribution is 7.92. The maximum absolute atomic E-state index is 13.0. The number of amides is 1. The summed E-state index contributed by atoms with van der Waals surface area (Å²) in [5, 5.41) is -0.0531. The topological polar surface area (TPSA) is 92.5 Å². The largest absolute Gasteiger partial charge is 0.416 e. The molecule has 0 aliphatic rings. The molecular weight excluding hydrogens is 430 g/mol. The van der Waals surface area contributed by atoms with Crippen molar-refractivity contribution < 1.29 is 26.4 Å². The molecule has 6 nitrogen and oxygen atoms in total. The molecule has 0 bridgehead atoms. The molecule has 0 atom stereocenters. The number of hydrogen-bond acceptors (Lipinski definition) is 4. The summed E-state index contributed by atoms with van der Waals surface area (Å²) >= 11 is 11.7. The summed E-state index contributed by atoms with van der Waals surface area (Å²) in [7, 11) is -4.45. The second kappa shape index (κ2) is 7.93. The third-order valence-electron chi connectivity index (χ3n) is 3.39. The molecule has 27 heavy (non-hydrogen) atoms. The van der Waals surface area contributed by atoms with Gasteiger partial charge < -0.3 is 0 Å². The first-order valence-electron chi connectivity index (χ1n) is 7.11. The molecule has 0 heterocycles. The highest BCUT2D eigenvalue weighted by Crippen LogP contribution is 2.37. The Morgan fingerprint density at radius 1 is 1.11 bits per heavy atom. The zero-order chi connectivity index (χ0) is 20.4. The number of nitrogens with zero attached hydrogens (tertiary/aromatic N) is 1. The van der Waals surface area contributed by atoms with Gasteiger partial charge in [0.1, 0.15) is 6.54 Å². The number of nitrogens with one attached hydrogen (secondary N) is 1. The van der Waals surface area contributed by atoms with E-state index in [1.807, 2.05) is 0 Å². The average Bonchev–Trinajstić information content (AvgIpc) is 2.59. The quantitative estimate of drug-likeness (QED) is 0.423. The molecule has 0 spiro atoms. The highest BCUT2D eigenvalue weighted by atomic mass is 35.5. The van der Waals surface area contributed by atoms with Gasteiger partial charge in [-0.2, -0.15) is 13.2 Å². The predicted molar refractivity (Wildman–Crippen MR) is 94.8 cm³/mol. The van der Waals surface area contributed by atoms with E-state index in [2.05, 4.69) is 0 Å². The van der Waals surface area contributed by atoms with Crippen LogP contribution in [0.2, 0.25) is 10.0 Å². The van der Waals surface area contributed by atoms with Gasteiger partial charge in [-0.3, -0.25) is 14.5 Å². The molecule has 0 saturated carbocycles. The minimum Gasteiger partial charge on any atom is -0.293 e. The van der Waals surface area contributed by atoms with Crippen molar-refractivity contribution in [3.05, 3.63) is 58.1 Å². The first kappa shape index (κ1) is 21.3. The summed E-state index contributed by atoms with van der Waals surface area (Å²) in [5.41, 5.74) is 0.0746. The van der Waals surface area contributed by atoms with Crippen LogP contribution >= 0.6 is 23.2 Å². The van der Waals surface area contributed by atoms with E-state index in [-0.39, 0.29) is 14.9 Å². The molecule has 146 valence electrons. The van der Waals surface area contributed by atoms with Gasteiger partial charge >= 0.3 is 6.18 Å². The van der Waals surface area contributed by atoms with Crippen molar-refractivity contribution >= 4 is 44.8 Å². The Morgan fingerprint density at radius 3 is 2.22 bits per heavy atom. The zero-order valence-electron chi connectivity index (χ0n) is 13.3. The van der Waals surface area contributed by atoms with Crippen molar-refractivity contribution in [1.82, 2.24) is 5.43 Å². The Labute approximate surface area is 162 Å². The monoisotopic (exact) mass is 441 g/mol. The van der Waals surface area contributed by atoms with E-state index < -0.39 is 39.9 Å². The number of hydrazine groups is 1. The smallest absolute Gasteiger partial charge is 0.293 e. The third kappa shape index (κ3) is 4.83. The number of sulfonamides is 1. The molecule has 0 unspecified atom stereocenters. The summed E-state index contributed by atoms with van der Waals surface area (Å²) in [6.45, 7) is -0.886. The van der Waals surface area contributed by atoms with Gasteiger partial charge in [-0.15, -0.1) is 0 Å². The van der Waals surface area contributed by atoms with Gasteiger partial charge in [0.05, 0.1) is 21.2 Å². The van der Waals surface area contributed by atoms with Gasteiger partial charge in [0.2, 0.25) is 0 Å². The molecule has 0 radical (unpaired) electrons. The van der Waals surface area contributed by atoms with Gasteiger partial charge in [0.25, 0.3) is 15.9 Å². The van der Waals surface area contributed by atoms with Crippen LogP contribution in [0.3, 0.4) is 0 Å². The summed E-state index contributed by atoms with van der Waals surface area (Å²) in [6, 6.07) is 6.98. The fraction of sp³-hybridized carbons (Fsp3) is 0.133. The number of alkyl halides is 3. The molecule has 0 fully saturated rings. The first-order valence-corrected chi connectivity index (χ1v) is 9.31. The van der Waals surface area contributed by atoms with E-state index in [4.69, 9.17) is 29.0 Å². The molecule has 1 amide bonds. The van der Waals surface area contributed by atoms with E-state index in [1.165, 1.54) is 12.1 Å². The number of carbonyl (C=O) groups excluding carboxylic acids is 1. The van der Waals surface area contributed by atoms with Crippen LogP contribution in [-0.2, 0) is 21.0 Å². The maximum atomic E-state index is 13.0. The van der Waals surface area contributed by atoms with Crippen LogP contribution in [0.4, 0.5) is 18.9 Å². The Bertz CT molecular complexity index is 951. The summed E-state index contributed by atoms with van der Waals surface area (Å²) in [4.78, 5) is 11.4. The van der Waals surface area contributed by atoms with E-state index in [9.17, 15) is 26.4 Å². The highest BCUT2D eigenvalue weighted by Gasteiger charge is 2.34. The SMILES string of the molecule is NNC(=O)CN(c1cc(C(F)(F)F)ccc1Cl)S(=O)(=O)c1ccc(Cl)cc1. The van der Waals surface area contributed by atoms with Gasteiger partial charge in [0.15, 0.2) is 0 Å². The molecule has 0 aliphatic heterocycles. The first-order chi connectivity index (χ1) is 12.5. The van der Waals surface area contributed by atoms with E-state index in [0.29, 0.717) is 16.4 Å². The van der Waals surface area contributed by atoms with Crippen molar-refractivity contribution in [2.24, 2.45) is 5.84 Å². The number of nitrogens with two attached hydrogens (primary N) is 1. The third-order valence-corrected chi connectivity index (χ3v) is 5.74. The molecule has 0 aliphatic carbocycles. The lowest BCUT2D eigenvalue weighted by Crippen LogP contribution is -2.43. The average molecular weight is 442 g/mol. The Morgan fingerprint density at radius 2 is 1.70 bits per heavy atom. The number of hydrogen-bond donors (Lipinski definition) is 2. The lowest BCUT2D eigenvalue weighted by atomic mass is 10.2. The minimum atomic E-state index is -4.74. The van der Waals surface area contributed by atoms with Crippen molar-refractivity contribution in [2.75, 3.05) is 10.8 Å². The predicted octanol–water partition coefficient (Wildman–Crippen LogP) is 3.20. The standard InChI is InChI=1S/C15H12Cl2F3N3O3S/c16-10-2-4-11(5-3-10)27(25,26)23(8-14(24)22-21)13-7-9(15(18,19)20)1-6-12(13)17/h1-7H,8,21H2,(H,22,24). The number of halogens is 5. The summed E-state index contributed by atoms with van der Waals surface area (Å²) in [6.07, 6.45) is -4.74. The molecule has 2 rings (SSSR count). The van der Waals surface area contributed by atoms with Crippen LogP contribution in [0.25, 0.3) is 0 Å². The maximum Gasteiger partial charge on any atom is 0.416 e. The van der Waals surface area contributed by atoms with Crippen molar-refractivity contribution in [2.45, 2.75) is 11.1 Å². The van der Waals surface area contributed by atoms with Crippen LogP contribution in [0.15, 0.2) is 47.4 Å². The fourth-order valence-corrected chi connectivity index (χ4v) is 3.92. The normalized spacial score (nSPS) is 11.9. The number of anilines is 1. The fourth-order valence-electron chi connectivity index (χ4n) is 2.09. The van der Waals surface area contributed by atoms with Crippen molar-refractivity contribution in [1.29, 1.82) is 0 Å². The van der Waals surface area contributed by atoms with Gasteiger partial charge in [-0.05, 0) is 42.5 Å². The van der Waals surface area contributed by atoms with E-state index in [0.717, 1.165) is 18.2 Å². The van der Waals surface area contributed by atoms with Gasteiger partial charge in [-0.1, -0.05) is 23.2 Å². The van der Waals surface area contributed by atoms with Gasteiger partial charge in [0, 0.05) is 5.02 Å². The lowest BCUT2D eigenvalue weighted by Gasteiger charge is -2.25. The van der Waals surface area contributed by atoms with Crippen LogP contribution in [0.1, 0.15) is 5.56 Å². The van der Waals surface area contributed by atoms with Gasteiger partial charge in [-0.25, -0.2) is 14.3 Å². The van der Waals surface area contributed by atoms with E-state index >= 15 is 0 Å². The molecular formula is C15H12Cl2F3N3O3S. The molecule has 0 saturated heterocycles. The van der Waals surface area contributed by atoms with Crippen LogP contribution in [0.5, 0.6) is 0 Å². The second-order valence-corrected chi connectivity index (χ2v) is 7.90. The Kier molecular flexibility index (Phi) is 6.25. The van der Waals surface area contributed by atoms with Crippen molar-refractivity contribution in [3.63, 3.8) is 0 Å². The molecule has 3 N–H and O–H groups in total. The Hall–Kier alpha value is -2.01.